The molecule has 0 amide bonds. The maximum absolute atomic E-state index is 11.9. The summed E-state index contributed by atoms with van der Waals surface area (Å²) in [4.78, 5) is 0.0782. The third-order valence-electron chi connectivity index (χ3n) is 3.42. The molecular weight excluding hydrogens is 348 g/mol. The van der Waals surface area contributed by atoms with Crippen molar-refractivity contribution in [3.05, 3.63) is 65.4 Å². The molecule has 0 saturated heterocycles. The van der Waals surface area contributed by atoms with Crippen LogP contribution >= 0.6 is 11.6 Å². The van der Waals surface area contributed by atoms with Crippen LogP contribution in [0.4, 0.5) is 5.69 Å². The summed E-state index contributed by atoms with van der Waals surface area (Å²) < 4.78 is 29.1. The lowest BCUT2D eigenvalue weighted by Crippen LogP contribution is -2.06. The maximum atomic E-state index is 11.9. The second kappa shape index (κ2) is 6.67. The summed E-state index contributed by atoms with van der Waals surface area (Å²) in [5.74, 6) is 0.591. The average Bonchev–Trinajstić information content (AvgIpc) is 3.01. The van der Waals surface area contributed by atoms with Gasteiger partial charge in [0.1, 0.15) is 10.6 Å². The molecule has 1 heterocycles. The van der Waals surface area contributed by atoms with E-state index in [1.807, 2.05) is 36.4 Å². The van der Waals surface area contributed by atoms with Crippen LogP contribution in [0.15, 0.2) is 64.0 Å². The molecule has 0 unspecified atom stereocenters. The van der Waals surface area contributed by atoms with Crippen molar-refractivity contribution in [2.45, 2.75) is 11.4 Å². The number of anilines is 1. The highest BCUT2D eigenvalue weighted by atomic mass is 35.5. The van der Waals surface area contributed by atoms with Crippen LogP contribution in [0.1, 0.15) is 5.76 Å². The highest BCUT2D eigenvalue weighted by molar-refractivity contribution is 7.91. The van der Waals surface area contributed by atoms with Gasteiger partial charge in [-0.25, -0.2) is 8.42 Å². The molecule has 0 radical (unpaired) electrons. The minimum absolute atomic E-state index is 0.0782. The first kappa shape index (κ1) is 16.5. The smallest absolute Gasteiger partial charge is 0.179 e. The lowest BCUT2D eigenvalue weighted by atomic mass is 10.1. The van der Waals surface area contributed by atoms with Gasteiger partial charge in [-0.15, -0.1) is 0 Å². The molecule has 0 aliphatic rings. The molecule has 3 aromatic rings. The molecule has 0 atom stereocenters. The van der Waals surface area contributed by atoms with Gasteiger partial charge in [0.15, 0.2) is 15.6 Å². The van der Waals surface area contributed by atoms with Gasteiger partial charge in [-0.2, -0.15) is 0 Å². The number of halogens is 1. The van der Waals surface area contributed by atoms with E-state index in [0.717, 1.165) is 17.5 Å². The number of nitrogens with zero attached hydrogens (tertiary/aromatic N) is 1. The van der Waals surface area contributed by atoms with Crippen LogP contribution in [-0.2, 0) is 16.4 Å². The normalized spacial score (nSPS) is 11.4. The molecule has 7 heteroatoms. The van der Waals surface area contributed by atoms with Crippen molar-refractivity contribution in [3.63, 3.8) is 0 Å². The molecule has 3 rings (SSSR count). The molecule has 0 aliphatic heterocycles. The minimum atomic E-state index is -3.45. The first-order valence-corrected chi connectivity index (χ1v) is 9.45. The Morgan fingerprint density at radius 1 is 1.12 bits per heavy atom. The summed E-state index contributed by atoms with van der Waals surface area (Å²) in [6.45, 7) is 0.294. The van der Waals surface area contributed by atoms with E-state index in [1.54, 1.807) is 18.2 Å². The van der Waals surface area contributed by atoms with Gasteiger partial charge in [-0.1, -0.05) is 53.2 Å². The SMILES string of the molecule is CS(=O)(=O)c1c(Cl)cccc1NCc1cc(-c2ccccc2)no1. The predicted octanol–water partition coefficient (Wildman–Crippen LogP) is 4.01. The second-order valence-electron chi connectivity index (χ2n) is 5.29. The molecule has 1 N–H and O–H groups in total. The Morgan fingerprint density at radius 3 is 2.58 bits per heavy atom. The molecule has 2 aromatic carbocycles. The monoisotopic (exact) mass is 362 g/mol. The third kappa shape index (κ3) is 3.60. The Balaban J connectivity index is 1.81. The molecular formula is C17H15ClN2O3S. The number of hydrogen-bond acceptors (Lipinski definition) is 5. The van der Waals surface area contributed by atoms with Gasteiger partial charge < -0.3 is 9.84 Å². The van der Waals surface area contributed by atoms with Crippen LogP contribution in [0, 0.1) is 0 Å². The number of rotatable bonds is 5. The van der Waals surface area contributed by atoms with Crippen molar-refractivity contribution >= 4 is 27.1 Å². The van der Waals surface area contributed by atoms with Gasteiger partial charge in [-0.3, -0.25) is 0 Å². The van der Waals surface area contributed by atoms with E-state index in [0.29, 0.717) is 18.0 Å². The summed E-state index contributed by atoms with van der Waals surface area (Å²) in [7, 11) is -3.45. The predicted molar refractivity (Wildman–Crippen MR) is 93.8 cm³/mol. The summed E-state index contributed by atoms with van der Waals surface area (Å²) >= 11 is 6.02. The van der Waals surface area contributed by atoms with E-state index in [9.17, 15) is 8.42 Å². The van der Waals surface area contributed by atoms with Crippen molar-refractivity contribution in [2.75, 3.05) is 11.6 Å². The van der Waals surface area contributed by atoms with Crippen molar-refractivity contribution in [1.29, 1.82) is 0 Å². The van der Waals surface area contributed by atoms with E-state index in [2.05, 4.69) is 10.5 Å². The van der Waals surface area contributed by atoms with Crippen LogP contribution in [0.2, 0.25) is 5.02 Å². The van der Waals surface area contributed by atoms with Crippen LogP contribution in [-0.4, -0.2) is 19.8 Å². The number of sulfone groups is 1. The van der Waals surface area contributed by atoms with Crippen LogP contribution < -0.4 is 5.32 Å². The zero-order valence-electron chi connectivity index (χ0n) is 12.9. The molecule has 0 aliphatic carbocycles. The topological polar surface area (TPSA) is 72.2 Å². The van der Waals surface area contributed by atoms with Gasteiger partial charge in [0.2, 0.25) is 0 Å². The van der Waals surface area contributed by atoms with E-state index in [4.69, 9.17) is 16.1 Å². The Hall–Kier alpha value is -2.31. The molecule has 24 heavy (non-hydrogen) atoms. The van der Waals surface area contributed by atoms with Gasteiger partial charge >= 0.3 is 0 Å². The van der Waals surface area contributed by atoms with Gasteiger partial charge in [0, 0.05) is 17.9 Å². The molecule has 0 fully saturated rings. The maximum Gasteiger partial charge on any atom is 0.179 e. The summed E-state index contributed by atoms with van der Waals surface area (Å²) in [6, 6.07) is 16.4. The third-order valence-corrected chi connectivity index (χ3v) is 5.03. The van der Waals surface area contributed by atoms with Crippen molar-refractivity contribution < 1.29 is 12.9 Å². The zero-order valence-corrected chi connectivity index (χ0v) is 14.4. The average molecular weight is 363 g/mol. The van der Waals surface area contributed by atoms with Crippen LogP contribution in [0.25, 0.3) is 11.3 Å². The fraction of sp³-hybridized carbons (Fsp3) is 0.118. The quantitative estimate of drug-likeness (QED) is 0.742. The number of aromatic nitrogens is 1. The Bertz CT molecular complexity index is 953. The van der Waals surface area contributed by atoms with E-state index in [-0.39, 0.29) is 9.92 Å². The second-order valence-corrected chi connectivity index (χ2v) is 7.65. The number of hydrogen-bond donors (Lipinski definition) is 1. The molecule has 1 aromatic heterocycles. The van der Waals surface area contributed by atoms with E-state index in [1.165, 1.54) is 0 Å². The molecule has 0 saturated carbocycles. The summed E-state index contributed by atoms with van der Waals surface area (Å²) in [5, 5.41) is 7.26. The standard InChI is InChI=1S/C17H15ClN2O3S/c1-24(21,22)17-14(18)8-5-9-15(17)19-11-13-10-16(20-23-13)12-6-3-2-4-7-12/h2-10,19H,11H2,1H3. The Kier molecular flexibility index (Phi) is 4.59. The molecule has 124 valence electrons. The summed E-state index contributed by atoms with van der Waals surface area (Å²) in [5.41, 5.74) is 2.11. The lowest BCUT2D eigenvalue weighted by Gasteiger charge is -2.10. The molecule has 0 bridgehead atoms. The Morgan fingerprint density at radius 2 is 1.88 bits per heavy atom. The van der Waals surface area contributed by atoms with Crippen LogP contribution in [0.5, 0.6) is 0 Å². The first-order chi connectivity index (χ1) is 11.4. The molecule has 0 spiro atoms. The number of nitrogens with one attached hydrogen (secondary N) is 1. The summed E-state index contributed by atoms with van der Waals surface area (Å²) in [6.07, 6.45) is 1.13. The molecule has 5 nitrogen and oxygen atoms in total. The van der Waals surface area contributed by atoms with E-state index >= 15 is 0 Å². The zero-order chi connectivity index (χ0) is 17.2. The van der Waals surface area contributed by atoms with Crippen LogP contribution in [0.3, 0.4) is 0 Å². The van der Waals surface area contributed by atoms with Gasteiger partial charge in [0.05, 0.1) is 17.3 Å². The largest absolute Gasteiger partial charge is 0.377 e. The highest BCUT2D eigenvalue weighted by Gasteiger charge is 2.17. The minimum Gasteiger partial charge on any atom is -0.377 e. The first-order valence-electron chi connectivity index (χ1n) is 7.18. The fourth-order valence-electron chi connectivity index (χ4n) is 2.35. The van der Waals surface area contributed by atoms with Crippen molar-refractivity contribution in [2.24, 2.45) is 0 Å². The van der Waals surface area contributed by atoms with Gasteiger partial charge in [0.25, 0.3) is 0 Å². The lowest BCUT2D eigenvalue weighted by molar-refractivity contribution is 0.390. The van der Waals surface area contributed by atoms with Crippen molar-refractivity contribution in [1.82, 2.24) is 5.16 Å². The Labute approximate surface area is 145 Å². The van der Waals surface area contributed by atoms with Gasteiger partial charge in [-0.05, 0) is 12.1 Å². The van der Waals surface area contributed by atoms with Crippen molar-refractivity contribution in [3.8, 4) is 11.3 Å². The van der Waals surface area contributed by atoms with E-state index < -0.39 is 9.84 Å². The highest BCUT2D eigenvalue weighted by Crippen LogP contribution is 2.29. The number of benzene rings is 2. The fourth-order valence-corrected chi connectivity index (χ4v) is 3.91.